The number of thiophene rings is 1. The van der Waals surface area contributed by atoms with Crippen molar-refractivity contribution in [3.63, 3.8) is 0 Å². The Morgan fingerprint density at radius 1 is 1.19 bits per heavy atom. The van der Waals surface area contributed by atoms with Crippen LogP contribution in [0.3, 0.4) is 0 Å². The number of aliphatic imine (C=N–C) groups is 1. The van der Waals surface area contributed by atoms with Crippen molar-refractivity contribution in [3.8, 4) is 0 Å². The molecule has 0 aliphatic heterocycles. The number of hydrogen-bond donors (Lipinski definition) is 2. The third-order valence-electron chi connectivity index (χ3n) is 3.29. The number of hydrogen-bond acceptors (Lipinski definition) is 3. The Labute approximate surface area is 150 Å². The van der Waals surface area contributed by atoms with Crippen LogP contribution in [0.5, 0.6) is 0 Å². The molecular weight excluding hydrogens is 395 g/mol. The summed E-state index contributed by atoms with van der Waals surface area (Å²) in [5.41, 5.74) is 1.37. The summed E-state index contributed by atoms with van der Waals surface area (Å²) in [5, 5.41) is 10.9. The molecule has 0 aliphatic rings. The molecule has 0 saturated carbocycles. The molecule has 0 spiro atoms. The summed E-state index contributed by atoms with van der Waals surface area (Å²) < 4.78 is 0. The lowest BCUT2D eigenvalue weighted by Gasteiger charge is -2.28. The summed E-state index contributed by atoms with van der Waals surface area (Å²) in [5.74, 6) is 0.905. The smallest absolute Gasteiger partial charge is 0.191 e. The van der Waals surface area contributed by atoms with E-state index in [4.69, 9.17) is 4.99 Å². The zero-order valence-electron chi connectivity index (χ0n) is 13.6. The lowest BCUT2D eigenvalue weighted by atomic mass is 10.1. The molecule has 2 N–H and O–H groups in total. The van der Waals surface area contributed by atoms with Crippen LogP contribution in [-0.4, -0.2) is 43.6 Å². The van der Waals surface area contributed by atoms with Crippen molar-refractivity contribution in [3.05, 3.63) is 22.4 Å². The van der Waals surface area contributed by atoms with Gasteiger partial charge in [0.15, 0.2) is 5.96 Å². The van der Waals surface area contributed by atoms with Crippen molar-refractivity contribution in [2.45, 2.75) is 33.7 Å². The van der Waals surface area contributed by atoms with E-state index < -0.39 is 0 Å². The molecule has 1 heterocycles. The topological polar surface area (TPSA) is 39.7 Å². The monoisotopic (exact) mass is 424 g/mol. The molecule has 0 amide bonds. The van der Waals surface area contributed by atoms with Crippen LogP contribution in [-0.2, 0) is 0 Å². The number of nitrogens with one attached hydrogen (secondary N) is 2. The predicted molar refractivity (Wildman–Crippen MR) is 105 cm³/mol. The normalized spacial score (nSPS) is 11.7. The van der Waals surface area contributed by atoms with Crippen molar-refractivity contribution in [2.75, 3.05) is 32.7 Å². The minimum Gasteiger partial charge on any atom is -0.357 e. The lowest BCUT2D eigenvalue weighted by Crippen LogP contribution is -2.38. The van der Waals surface area contributed by atoms with Crippen LogP contribution in [0.1, 0.15) is 39.3 Å². The van der Waals surface area contributed by atoms with Crippen LogP contribution < -0.4 is 10.6 Å². The third-order valence-corrected chi connectivity index (χ3v) is 3.99. The van der Waals surface area contributed by atoms with Crippen LogP contribution in [0, 0.1) is 0 Å². The molecule has 0 aromatic carbocycles. The lowest BCUT2D eigenvalue weighted by molar-refractivity contribution is 0.224. The molecule has 0 fully saturated rings. The molecule has 6 heteroatoms. The van der Waals surface area contributed by atoms with E-state index in [0.717, 1.165) is 38.7 Å². The van der Waals surface area contributed by atoms with Gasteiger partial charge in [-0.1, -0.05) is 13.8 Å². The van der Waals surface area contributed by atoms with Crippen LogP contribution in [0.25, 0.3) is 0 Å². The number of halogens is 1. The van der Waals surface area contributed by atoms with E-state index in [1.807, 2.05) is 0 Å². The Kier molecular flexibility index (Phi) is 12.0. The summed E-state index contributed by atoms with van der Waals surface area (Å²) in [7, 11) is 0. The van der Waals surface area contributed by atoms with Gasteiger partial charge in [-0.15, -0.1) is 24.0 Å². The Balaban J connectivity index is 0.00000400. The maximum Gasteiger partial charge on any atom is 0.191 e. The predicted octanol–water partition coefficient (Wildman–Crippen LogP) is 3.32. The van der Waals surface area contributed by atoms with Gasteiger partial charge in [0.2, 0.25) is 0 Å². The summed E-state index contributed by atoms with van der Waals surface area (Å²) in [4.78, 5) is 7.19. The van der Waals surface area contributed by atoms with Gasteiger partial charge in [-0.3, -0.25) is 9.89 Å². The number of guanidine groups is 1. The van der Waals surface area contributed by atoms with Gasteiger partial charge in [0.1, 0.15) is 0 Å². The van der Waals surface area contributed by atoms with E-state index in [2.05, 4.69) is 60.1 Å². The van der Waals surface area contributed by atoms with Gasteiger partial charge in [-0.25, -0.2) is 0 Å². The summed E-state index contributed by atoms with van der Waals surface area (Å²) in [6, 6.07) is 2.58. The van der Waals surface area contributed by atoms with Gasteiger partial charge < -0.3 is 10.6 Å². The molecule has 0 saturated heterocycles. The van der Waals surface area contributed by atoms with Crippen molar-refractivity contribution in [1.29, 1.82) is 0 Å². The van der Waals surface area contributed by atoms with Crippen LogP contribution >= 0.6 is 35.3 Å². The highest BCUT2D eigenvalue weighted by Crippen LogP contribution is 2.23. The minimum atomic E-state index is 0. The number of nitrogens with zero attached hydrogens (tertiary/aromatic N) is 2. The fraction of sp³-hybridized carbons (Fsp3) is 0.667. The van der Waals surface area contributed by atoms with Gasteiger partial charge in [-0.2, -0.15) is 11.3 Å². The van der Waals surface area contributed by atoms with Crippen molar-refractivity contribution < 1.29 is 0 Å². The van der Waals surface area contributed by atoms with Crippen LogP contribution in [0.4, 0.5) is 0 Å². The fourth-order valence-corrected chi connectivity index (χ4v) is 2.95. The Bertz CT molecular complexity index is 369. The average molecular weight is 424 g/mol. The molecule has 1 aromatic heterocycles. The van der Waals surface area contributed by atoms with E-state index in [1.54, 1.807) is 11.3 Å². The Hall–Kier alpha value is -0.340. The second-order valence-corrected chi connectivity index (χ2v) is 5.32. The van der Waals surface area contributed by atoms with Gasteiger partial charge in [0.05, 0.1) is 12.6 Å². The highest BCUT2D eigenvalue weighted by molar-refractivity contribution is 14.0. The number of rotatable bonds is 8. The zero-order valence-corrected chi connectivity index (χ0v) is 16.7. The van der Waals surface area contributed by atoms with Crippen molar-refractivity contribution >= 4 is 41.3 Å². The van der Waals surface area contributed by atoms with E-state index >= 15 is 0 Å². The molecular formula is C15H29IN4S. The molecule has 0 aliphatic carbocycles. The first kappa shape index (κ1) is 20.7. The van der Waals surface area contributed by atoms with E-state index in [9.17, 15) is 0 Å². The van der Waals surface area contributed by atoms with E-state index in [-0.39, 0.29) is 24.0 Å². The molecule has 122 valence electrons. The van der Waals surface area contributed by atoms with Gasteiger partial charge in [0.25, 0.3) is 0 Å². The first-order chi connectivity index (χ1) is 9.76. The third kappa shape index (κ3) is 6.97. The van der Waals surface area contributed by atoms with Gasteiger partial charge in [0, 0.05) is 13.1 Å². The van der Waals surface area contributed by atoms with Gasteiger partial charge in [-0.05, 0) is 49.3 Å². The molecule has 21 heavy (non-hydrogen) atoms. The maximum absolute atomic E-state index is 4.73. The largest absolute Gasteiger partial charge is 0.357 e. The molecule has 1 rings (SSSR count). The maximum atomic E-state index is 4.73. The second-order valence-electron chi connectivity index (χ2n) is 4.54. The molecule has 0 radical (unpaired) electrons. The quantitative estimate of drug-likeness (QED) is 0.382. The highest BCUT2D eigenvalue weighted by atomic mass is 127. The highest BCUT2D eigenvalue weighted by Gasteiger charge is 2.18. The Morgan fingerprint density at radius 2 is 1.81 bits per heavy atom. The molecule has 1 atom stereocenters. The first-order valence-electron chi connectivity index (χ1n) is 7.55. The summed E-state index contributed by atoms with van der Waals surface area (Å²) in [6.45, 7) is 13.3. The molecule has 1 aromatic rings. The standard InChI is InChI=1S/C15H28N4S.HI/c1-5-16-15(17-6-2)18-11-14(19(7-3)8-4)13-9-10-20-12-13;/h9-10,12,14H,5-8,11H2,1-4H3,(H2,16,17,18);1H. The molecule has 0 bridgehead atoms. The Morgan fingerprint density at radius 3 is 2.24 bits per heavy atom. The summed E-state index contributed by atoms with van der Waals surface area (Å²) >= 11 is 1.75. The van der Waals surface area contributed by atoms with E-state index in [1.165, 1.54) is 5.56 Å². The fourth-order valence-electron chi connectivity index (χ4n) is 2.25. The van der Waals surface area contributed by atoms with Crippen LogP contribution in [0.15, 0.2) is 21.8 Å². The van der Waals surface area contributed by atoms with Crippen molar-refractivity contribution in [1.82, 2.24) is 15.5 Å². The van der Waals surface area contributed by atoms with Crippen LogP contribution in [0.2, 0.25) is 0 Å². The molecule has 1 unspecified atom stereocenters. The van der Waals surface area contributed by atoms with Gasteiger partial charge >= 0.3 is 0 Å². The van der Waals surface area contributed by atoms with E-state index in [0.29, 0.717) is 6.04 Å². The average Bonchev–Trinajstić information content (AvgIpc) is 2.97. The zero-order chi connectivity index (χ0) is 14.8. The first-order valence-corrected chi connectivity index (χ1v) is 8.49. The van der Waals surface area contributed by atoms with Crippen molar-refractivity contribution in [2.24, 2.45) is 4.99 Å². The number of likely N-dealkylation sites (N-methyl/N-ethyl adjacent to an activating group) is 1. The summed E-state index contributed by atoms with van der Waals surface area (Å²) in [6.07, 6.45) is 0. The second kappa shape index (κ2) is 12.2. The molecule has 4 nitrogen and oxygen atoms in total. The minimum absolute atomic E-state index is 0. The SMILES string of the molecule is CCNC(=NCC(c1ccsc1)N(CC)CC)NCC.I.